The number of hydrogen-bond acceptors (Lipinski definition) is 3. The molecule has 1 aromatic rings. The van der Waals surface area contributed by atoms with Crippen LogP contribution in [0.5, 0.6) is 0 Å². The fourth-order valence-corrected chi connectivity index (χ4v) is 1.08. The van der Waals surface area contributed by atoms with Gasteiger partial charge in [-0.05, 0) is 6.07 Å². The van der Waals surface area contributed by atoms with Gasteiger partial charge in [-0.25, -0.2) is 13.9 Å². The van der Waals surface area contributed by atoms with E-state index >= 15 is 0 Å². The summed E-state index contributed by atoms with van der Waals surface area (Å²) in [5.74, 6) is -1.63. The van der Waals surface area contributed by atoms with E-state index in [1.807, 2.05) is 0 Å². The quantitative estimate of drug-likeness (QED) is 0.819. The summed E-state index contributed by atoms with van der Waals surface area (Å²) in [6.45, 7) is -0.551. The lowest BCUT2D eigenvalue weighted by atomic mass is 10.2. The smallest absolute Gasteiger partial charge is 0.253 e. The molecule has 0 atom stereocenters. The number of rotatable bonds is 3. The van der Waals surface area contributed by atoms with E-state index in [0.717, 1.165) is 12.1 Å². The monoisotopic (exact) mass is 223 g/mol. The van der Waals surface area contributed by atoms with E-state index in [1.54, 1.807) is 0 Å². The Labute approximate surface area is 79.6 Å². The molecule has 2 N–H and O–H groups in total. The van der Waals surface area contributed by atoms with Crippen molar-refractivity contribution in [2.24, 2.45) is 5.14 Å². The summed E-state index contributed by atoms with van der Waals surface area (Å²) in [6.07, 6.45) is 0. The SMILES string of the molecule is NS(=O)(=O)OCc1ccc(F)cc1F. The van der Waals surface area contributed by atoms with Gasteiger partial charge in [0.15, 0.2) is 0 Å². The zero-order chi connectivity index (χ0) is 10.8. The molecule has 0 bridgehead atoms. The lowest BCUT2D eigenvalue weighted by molar-refractivity contribution is 0.302. The van der Waals surface area contributed by atoms with Crippen molar-refractivity contribution in [2.45, 2.75) is 6.61 Å². The summed E-state index contributed by atoms with van der Waals surface area (Å²) >= 11 is 0. The lowest BCUT2D eigenvalue weighted by Crippen LogP contribution is -2.15. The first-order chi connectivity index (χ1) is 6.38. The molecule has 1 aromatic carbocycles. The minimum Gasteiger partial charge on any atom is -0.253 e. The van der Waals surface area contributed by atoms with Crippen LogP contribution in [0.25, 0.3) is 0 Å². The molecule has 0 aliphatic carbocycles. The van der Waals surface area contributed by atoms with Crippen LogP contribution >= 0.6 is 0 Å². The number of halogens is 2. The molecule has 14 heavy (non-hydrogen) atoms. The average molecular weight is 223 g/mol. The van der Waals surface area contributed by atoms with E-state index in [0.29, 0.717) is 6.07 Å². The van der Waals surface area contributed by atoms with Gasteiger partial charge < -0.3 is 0 Å². The molecule has 0 heterocycles. The van der Waals surface area contributed by atoms with E-state index in [9.17, 15) is 17.2 Å². The van der Waals surface area contributed by atoms with Gasteiger partial charge in [-0.3, -0.25) is 4.18 Å². The van der Waals surface area contributed by atoms with Crippen LogP contribution in [0.3, 0.4) is 0 Å². The fraction of sp³-hybridized carbons (Fsp3) is 0.143. The number of benzene rings is 1. The predicted molar refractivity (Wildman–Crippen MR) is 44.3 cm³/mol. The highest BCUT2D eigenvalue weighted by molar-refractivity contribution is 7.84. The highest BCUT2D eigenvalue weighted by Gasteiger charge is 2.07. The molecule has 0 fully saturated rings. The van der Waals surface area contributed by atoms with Crippen LogP contribution in [-0.2, 0) is 21.1 Å². The first-order valence-electron chi connectivity index (χ1n) is 3.49. The molecule has 0 aliphatic rings. The molecule has 0 aromatic heterocycles. The maximum atomic E-state index is 12.9. The summed E-state index contributed by atoms with van der Waals surface area (Å²) in [5, 5.41) is 4.52. The van der Waals surface area contributed by atoms with Crippen LogP contribution in [-0.4, -0.2) is 8.42 Å². The van der Waals surface area contributed by atoms with E-state index < -0.39 is 28.5 Å². The Hall–Kier alpha value is -1.05. The van der Waals surface area contributed by atoms with Gasteiger partial charge in [0, 0.05) is 11.6 Å². The van der Waals surface area contributed by atoms with Gasteiger partial charge in [0.1, 0.15) is 11.6 Å². The summed E-state index contributed by atoms with van der Waals surface area (Å²) in [4.78, 5) is 0. The van der Waals surface area contributed by atoms with E-state index in [1.165, 1.54) is 0 Å². The third-order valence-electron chi connectivity index (χ3n) is 1.39. The predicted octanol–water partition coefficient (Wildman–Crippen LogP) is 0.685. The van der Waals surface area contributed by atoms with Gasteiger partial charge in [0.2, 0.25) is 0 Å². The van der Waals surface area contributed by atoms with Crippen LogP contribution in [0.4, 0.5) is 8.78 Å². The summed E-state index contributed by atoms with van der Waals surface area (Å²) in [7, 11) is -4.11. The Morgan fingerprint density at radius 2 is 2.00 bits per heavy atom. The van der Waals surface area contributed by atoms with Gasteiger partial charge in [0.05, 0.1) is 6.61 Å². The van der Waals surface area contributed by atoms with Gasteiger partial charge in [-0.1, -0.05) is 6.07 Å². The molecule has 0 aliphatic heterocycles. The van der Waals surface area contributed by atoms with E-state index in [4.69, 9.17) is 0 Å². The zero-order valence-electron chi connectivity index (χ0n) is 6.91. The lowest BCUT2D eigenvalue weighted by Gasteiger charge is -2.02. The van der Waals surface area contributed by atoms with Gasteiger partial charge in [0.25, 0.3) is 0 Å². The van der Waals surface area contributed by atoms with Crippen LogP contribution in [0.2, 0.25) is 0 Å². The van der Waals surface area contributed by atoms with Crippen LogP contribution in [0.15, 0.2) is 18.2 Å². The highest BCUT2D eigenvalue weighted by atomic mass is 32.2. The average Bonchev–Trinajstić information content (AvgIpc) is 2.00. The van der Waals surface area contributed by atoms with Crippen molar-refractivity contribution in [2.75, 3.05) is 0 Å². The molecule has 4 nitrogen and oxygen atoms in total. The maximum Gasteiger partial charge on any atom is 0.333 e. The molecule has 0 saturated heterocycles. The van der Waals surface area contributed by atoms with Gasteiger partial charge in [-0.15, -0.1) is 0 Å². The van der Waals surface area contributed by atoms with Crippen LogP contribution in [0.1, 0.15) is 5.56 Å². The Morgan fingerprint density at radius 3 is 2.50 bits per heavy atom. The van der Waals surface area contributed by atoms with E-state index in [-0.39, 0.29) is 5.56 Å². The Balaban J connectivity index is 2.78. The van der Waals surface area contributed by atoms with Crippen molar-refractivity contribution in [1.82, 2.24) is 0 Å². The van der Waals surface area contributed by atoms with Crippen molar-refractivity contribution >= 4 is 10.3 Å². The minimum absolute atomic E-state index is 0.0829. The second kappa shape index (κ2) is 3.99. The number of nitrogens with two attached hydrogens (primary N) is 1. The van der Waals surface area contributed by atoms with E-state index in [2.05, 4.69) is 9.32 Å². The summed E-state index contributed by atoms with van der Waals surface area (Å²) < 4.78 is 50.1. The number of hydrogen-bond donors (Lipinski definition) is 1. The third kappa shape index (κ3) is 3.36. The van der Waals surface area contributed by atoms with Crippen molar-refractivity contribution in [3.05, 3.63) is 35.4 Å². The van der Waals surface area contributed by atoms with Crippen molar-refractivity contribution in [3.63, 3.8) is 0 Å². The minimum atomic E-state index is -4.11. The molecule has 0 unspecified atom stereocenters. The van der Waals surface area contributed by atoms with Gasteiger partial charge in [-0.2, -0.15) is 8.42 Å². The molecule has 7 heteroatoms. The van der Waals surface area contributed by atoms with Crippen LogP contribution in [0, 0.1) is 11.6 Å². The summed E-state index contributed by atoms with van der Waals surface area (Å²) in [6, 6.07) is 2.70. The largest absolute Gasteiger partial charge is 0.333 e. The molecule has 0 radical (unpaired) electrons. The molecule has 0 amide bonds. The zero-order valence-corrected chi connectivity index (χ0v) is 7.72. The second-order valence-corrected chi connectivity index (χ2v) is 3.71. The Kier molecular flexibility index (Phi) is 3.14. The van der Waals surface area contributed by atoms with Crippen molar-refractivity contribution in [3.8, 4) is 0 Å². The van der Waals surface area contributed by atoms with Gasteiger partial charge >= 0.3 is 10.3 Å². The standard InChI is InChI=1S/C7H7F2NO3S/c8-6-2-1-5(7(9)3-6)4-13-14(10,11)12/h1-3H,4H2,(H2,10,11,12). The van der Waals surface area contributed by atoms with Crippen molar-refractivity contribution in [1.29, 1.82) is 0 Å². The highest BCUT2D eigenvalue weighted by Crippen LogP contribution is 2.10. The van der Waals surface area contributed by atoms with Crippen molar-refractivity contribution < 1.29 is 21.4 Å². The first-order valence-corrected chi connectivity index (χ1v) is 4.97. The first kappa shape index (κ1) is 11.0. The molecule has 78 valence electrons. The molecule has 1 rings (SSSR count). The normalized spacial score (nSPS) is 11.6. The molecule has 0 spiro atoms. The maximum absolute atomic E-state index is 12.9. The summed E-state index contributed by atoms with van der Waals surface area (Å²) in [5.41, 5.74) is -0.0829. The molecular formula is C7H7F2NO3S. The topological polar surface area (TPSA) is 69.4 Å². The molecule has 0 saturated carbocycles. The van der Waals surface area contributed by atoms with Crippen LogP contribution < -0.4 is 5.14 Å². The third-order valence-corrected chi connectivity index (χ3v) is 1.84. The molecular weight excluding hydrogens is 216 g/mol. The fourth-order valence-electron chi connectivity index (χ4n) is 0.784. The second-order valence-electron chi connectivity index (χ2n) is 2.49. The Morgan fingerprint density at radius 1 is 1.36 bits per heavy atom. The Bertz CT molecular complexity index is 433.